The molecule has 12 heavy (non-hydrogen) atoms. The van der Waals surface area contributed by atoms with E-state index < -0.39 is 0 Å². The van der Waals surface area contributed by atoms with Gasteiger partial charge in [0.2, 0.25) is 0 Å². The Hall–Kier alpha value is -0.600. The summed E-state index contributed by atoms with van der Waals surface area (Å²) in [5.74, 6) is 0. The Kier molecular flexibility index (Phi) is 3.06. The summed E-state index contributed by atoms with van der Waals surface area (Å²) in [4.78, 5) is 0. The fraction of sp³-hybridized carbons (Fsp3) is 0.600. The van der Waals surface area contributed by atoms with Crippen molar-refractivity contribution in [2.45, 2.75) is 26.1 Å². The molecular formula is C10H16O2. The van der Waals surface area contributed by atoms with E-state index in [1.54, 1.807) is 0 Å². The topological polar surface area (TPSA) is 25.1 Å². The average Bonchev–Trinajstić information content (AvgIpc) is 2.85. The Balaban J connectivity index is 0.000000120. The SMILES string of the molecule is C=C(C)C1CO1.C=C(C)C1CO1. The molecule has 2 fully saturated rings. The maximum atomic E-state index is 4.87. The van der Waals surface area contributed by atoms with Crippen LogP contribution in [0.15, 0.2) is 24.3 Å². The molecule has 2 nitrogen and oxygen atoms in total. The highest BCUT2D eigenvalue weighted by atomic mass is 16.6. The fourth-order valence-electron chi connectivity index (χ4n) is 0.665. The van der Waals surface area contributed by atoms with Crippen molar-refractivity contribution >= 4 is 0 Å². The molecule has 0 aliphatic carbocycles. The summed E-state index contributed by atoms with van der Waals surface area (Å²) >= 11 is 0. The van der Waals surface area contributed by atoms with Crippen LogP contribution in [0.3, 0.4) is 0 Å². The molecule has 0 spiro atoms. The van der Waals surface area contributed by atoms with Crippen molar-refractivity contribution in [3.05, 3.63) is 24.3 Å². The van der Waals surface area contributed by atoms with Crippen LogP contribution in [0.2, 0.25) is 0 Å². The Labute approximate surface area is 73.9 Å². The van der Waals surface area contributed by atoms with Crippen LogP contribution >= 0.6 is 0 Å². The van der Waals surface area contributed by atoms with E-state index in [9.17, 15) is 0 Å². The molecule has 2 heterocycles. The third-order valence-electron chi connectivity index (χ3n) is 1.77. The van der Waals surface area contributed by atoms with Gasteiger partial charge in [0.05, 0.1) is 13.2 Å². The highest BCUT2D eigenvalue weighted by Crippen LogP contribution is 2.16. The fourth-order valence-corrected chi connectivity index (χ4v) is 0.665. The van der Waals surface area contributed by atoms with E-state index >= 15 is 0 Å². The quantitative estimate of drug-likeness (QED) is 0.465. The zero-order chi connectivity index (χ0) is 9.14. The highest BCUT2D eigenvalue weighted by Gasteiger charge is 2.22. The van der Waals surface area contributed by atoms with Crippen molar-refractivity contribution in [3.63, 3.8) is 0 Å². The van der Waals surface area contributed by atoms with Gasteiger partial charge in [-0.1, -0.05) is 13.2 Å². The summed E-state index contributed by atoms with van der Waals surface area (Å²) in [6.07, 6.45) is 0.815. The number of epoxide rings is 2. The summed E-state index contributed by atoms with van der Waals surface area (Å²) in [5, 5.41) is 0. The second-order valence-corrected chi connectivity index (χ2v) is 3.34. The van der Waals surface area contributed by atoms with Gasteiger partial charge in [0.1, 0.15) is 12.2 Å². The zero-order valence-corrected chi connectivity index (χ0v) is 7.80. The lowest BCUT2D eigenvalue weighted by Gasteiger charge is -1.80. The summed E-state index contributed by atoms with van der Waals surface area (Å²) in [6.45, 7) is 13.1. The Bertz CT molecular complexity index is 166. The van der Waals surface area contributed by atoms with Gasteiger partial charge in [0, 0.05) is 0 Å². The van der Waals surface area contributed by atoms with Crippen molar-refractivity contribution in [3.8, 4) is 0 Å². The van der Waals surface area contributed by atoms with Crippen molar-refractivity contribution in [1.29, 1.82) is 0 Å². The molecule has 2 heteroatoms. The summed E-state index contributed by atoms with van der Waals surface area (Å²) < 4.78 is 9.74. The van der Waals surface area contributed by atoms with Crippen LogP contribution in [-0.2, 0) is 9.47 Å². The molecule has 2 atom stereocenters. The van der Waals surface area contributed by atoms with E-state index in [0.717, 1.165) is 24.4 Å². The highest BCUT2D eigenvalue weighted by molar-refractivity contribution is 5.04. The first-order valence-electron chi connectivity index (χ1n) is 4.15. The lowest BCUT2D eigenvalue weighted by Crippen LogP contribution is -1.80. The molecule has 0 bridgehead atoms. The normalized spacial score (nSPS) is 29.8. The summed E-state index contributed by atoms with van der Waals surface area (Å²) in [7, 11) is 0. The molecule has 0 N–H and O–H groups in total. The van der Waals surface area contributed by atoms with Gasteiger partial charge < -0.3 is 9.47 Å². The Morgan fingerprint density at radius 1 is 1.00 bits per heavy atom. The van der Waals surface area contributed by atoms with E-state index in [4.69, 9.17) is 9.47 Å². The third-order valence-corrected chi connectivity index (χ3v) is 1.77. The van der Waals surface area contributed by atoms with Crippen molar-refractivity contribution < 1.29 is 9.47 Å². The molecule has 2 rings (SSSR count). The summed E-state index contributed by atoms with van der Waals surface area (Å²) in [6, 6.07) is 0. The zero-order valence-electron chi connectivity index (χ0n) is 7.80. The third kappa shape index (κ3) is 3.69. The molecule has 0 aromatic heterocycles. The Morgan fingerprint density at radius 3 is 1.25 bits per heavy atom. The van der Waals surface area contributed by atoms with E-state index in [2.05, 4.69) is 13.2 Å². The van der Waals surface area contributed by atoms with Crippen LogP contribution in [0, 0.1) is 0 Å². The van der Waals surface area contributed by atoms with E-state index in [-0.39, 0.29) is 0 Å². The minimum absolute atomic E-state index is 0.407. The molecule has 0 saturated carbocycles. The molecule has 0 radical (unpaired) electrons. The first-order chi connectivity index (χ1) is 5.61. The van der Waals surface area contributed by atoms with Gasteiger partial charge in [-0.15, -0.1) is 0 Å². The van der Waals surface area contributed by atoms with E-state index in [1.807, 2.05) is 13.8 Å². The molecule has 2 unspecified atom stereocenters. The van der Waals surface area contributed by atoms with Gasteiger partial charge in [0.25, 0.3) is 0 Å². The molecule has 2 aliphatic heterocycles. The molecular weight excluding hydrogens is 152 g/mol. The van der Waals surface area contributed by atoms with Crippen LogP contribution < -0.4 is 0 Å². The molecule has 0 aromatic rings. The minimum Gasteiger partial charge on any atom is -0.368 e. The van der Waals surface area contributed by atoms with Crippen molar-refractivity contribution in [2.24, 2.45) is 0 Å². The minimum atomic E-state index is 0.407. The van der Waals surface area contributed by atoms with Gasteiger partial charge >= 0.3 is 0 Å². The molecule has 0 aromatic carbocycles. The standard InChI is InChI=1S/2C5H8O/c2*1-4(2)5-3-6-5/h2*5H,1,3H2,2H3. The smallest absolute Gasteiger partial charge is 0.101 e. The lowest BCUT2D eigenvalue weighted by molar-refractivity contribution is 0.432. The van der Waals surface area contributed by atoms with Gasteiger partial charge in [-0.25, -0.2) is 0 Å². The molecule has 2 aliphatic rings. The van der Waals surface area contributed by atoms with E-state index in [0.29, 0.717) is 12.2 Å². The van der Waals surface area contributed by atoms with Crippen LogP contribution in [-0.4, -0.2) is 25.4 Å². The van der Waals surface area contributed by atoms with Crippen molar-refractivity contribution in [2.75, 3.05) is 13.2 Å². The van der Waals surface area contributed by atoms with Gasteiger partial charge in [-0.2, -0.15) is 0 Å². The van der Waals surface area contributed by atoms with Crippen LogP contribution in [0.5, 0.6) is 0 Å². The first-order valence-corrected chi connectivity index (χ1v) is 4.15. The monoisotopic (exact) mass is 168 g/mol. The second kappa shape index (κ2) is 3.87. The molecule has 2 saturated heterocycles. The van der Waals surface area contributed by atoms with Gasteiger partial charge in [-0.05, 0) is 25.0 Å². The molecule has 0 amide bonds. The van der Waals surface area contributed by atoms with E-state index in [1.165, 1.54) is 0 Å². The molecule has 68 valence electrons. The predicted molar refractivity (Wildman–Crippen MR) is 49.1 cm³/mol. The van der Waals surface area contributed by atoms with Crippen LogP contribution in [0.4, 0.5) is 0 Å². The van der Waals surface area contributed by atoms with Gasteiger partial charge in [-0.3, -0.25) is 0 Å². The maximum Gasteiger partial charge on any atom is 0.101 e. The lowest BCUT2D eigenvalue weighted by atomic mass is 10.3. The number of hydrogen-bond acceptors (Lipinski definition) is 2. The second-order valence-electron chi connectivity index (χ2n) is 3.34. The average molecular weight is 168 g/mol. The van der Waals surface area contributed by atoms with Crippen LogP contribution in [0.1, 0.15) is 13.8 Å². The largest absolute Gasteiger partial charge is 0.368 e. The summed E-state index contributed by atoms with van der Waals surface area (Å²) in [5.41, 5.74) is 2.30. The van der Waals surface area contributed by atoms with Crippen molar-refractivity contribution in [1.82, 2.24) is 0 Å². The number of ether oxygens (including phenoxy) is 2. The number of rotatable bonds is 2. The number of hydrogen-bond donors (Lipinski definition) is 0. The predicted octanol–water partition coefficient (Wildman–Crippen LogP) is 1.92. The van der Waals surface area contributed by atoms with Gasteiger partial charge in [0.15, 0.2) is 0 Å². The Morgan fingerprint density at radius 2 is 1.25 bits per heavy atom. The maximum absolute atomic E-state index is 4.87. The van der Waals surface area contributed by atoms with Crippen LogP contribution in [0.25, 0.3) is 0 Å². The first kappa shape index (κ1) is 9.49.